The van der Waals surface area contributed by atoms with Crippen molar-refractivity contribution >= 4 is 30.7 Å². The lowest BCUT2D eigenvalue weighted by Crippen LogP contribution is -2.05. The van der Waals surface area contributed by atoms with Crippen LogP contribution in [0.1, 0.15) is 0 Å². The van der Waals surface area contributed by atoms with Gasteiger partial charge in [-0.15, -0.1) is 0 Å². The van der Waals surface area contributed by atoms with Crippen LogP contribution < -0.4 is 22.9 Å². The van der Waals surface area contributed by atoms with Gasteiger partial charge in [0.25, 0.3) is 0 Å². The number of hydrogen-bond acceptors (Lipinski definition) is 8. The molecule has 0 bridgehead atoms. The zero-order chi connectivity index (χ0) is 12.4. The molecule has 0 saturated carbocycles. The summed E-state index contributed by atoms with van der Waals surface area (Å²) < 4.78 is 0. The number of nitrogens with two attached hydrogens (primary N) is 4. The molecule has 1 amide bonds. The maximum Gasteiger partial charge on any atom is 0.402 e. The van der Waals surface area contributed by atoms with Gasteiger partial charge in [-0.3, -0.25) is 0 Å². The van der Waals surface area contributed by atoms with Crippen molar-refractivity contribution in [3.8, 4) is 0 Å². The van der Waals surface area contributed by atoms with Crippen LogP contribution in [0.2, 0.25) is 0 Å². The molecule has 0 aliphatic rings. The fourth-order valence-corrected chi connectivity index (χ4v) is 0.427. The van der Waals surface area contributed by atoms with Crippen molar-refractivity contribution in [3.63, 3.8) is 0 Å². The molecular weight excluding hydrogens is 206 g/mol. The monoisotopic (exact) mass is 217 g/mol. The van der Waals surface area contributed by atoms with E-state index in [0.717, 1.165) is 0 Å². The molecule has 1 aromatic heterocycles. The van der Waals surface area contributed by atoms with E-state index in [1.54, 1.807) is 0 Å². The lowest BCUT2D eigenvalue weighted by molar-refractivity contribution is -0.0979. The Labute approximate surface area is 84.3 Å². The number of anilines is 3. The van der Waals surface area contributed by atoms with Gasteiger partial charge in [0.05, 0.1) is 0 Å². The second kappa shape index (κ2) is 7.97. The third-order valence-corrected chi connectivity index (χ3v) is 0.687. The van der Waals surface area contributed by atoms with Crippen LogP contribution >= 0.6 is 0 Å². The summed E-state index contributed by atoms with van der Waals surface area (Å²) in [6.07, 6.45) is -1.33. The second-order valence-corrected chi connectivity index (χ2v) is 1.75. The summed E-state index contributed by atoms with van der Waals surface area (Å²) in [6, 6.07) is 0. The number of primary amides is 1. The number of aromatic nitrogens is 3. The lowest BCUT2D eigenvalue weighted by Gasteiger charge is -1.93. The Morgan fingerprint density at radius 1 is 1.00 bits per heavy atom. The van der Waals surface area contributed by atoms with Gasteiger partial charge in [-0.25, -0.2) is 4.79 Å². The molecule has 10 heteroatoms. The molecular formula is C5H11N7O3. The molecule has 1 aromatic rings. The van der Waals surface area contributed by atoms with Crippen molar-refractivity contribution in [1.29, 1.82) is 0 Å². The molecule has 15 heavy (non-hydrogen) atoms. The minimum atomic E-state index is -1.33. The first-order valence-corrected chi connectivity index (χ1v) is 3.21. The van der Waals surface area contributed by atoms with Crippen LogP contribution in [0.3, 0.4) is 0 Å². The predicted molar refractivity (Wildman–Crippen MR) is 52.4 cm³/mol. The molecule has 0 fully saturated rings. The van der Waals surface area contributed by atoms with Crippen molar-refractivity contribution in [3.05, 3.63) is 0 Å². The lowest BCUT2D eigenvalue weighted by atomic mass is 10.9. The quantitative estimate of drug-likeness (QED) is 0.328. The molecule has 0 aromatic carbocycles. The van der Waals surface area contributed by atoms with Gasteiger partial charge in [0, 0.05) is 0 Å². The first-order valence-electron chi connectivity index (χ1n) is 3.21. The van der Waals surface area contributed by atoms with E-state index in [9.17, 15) is 0 Å². The van der Waals surface area contributed by atoms with E-state index in [0.29, 0.717) is 0 Å². The van der Waals surface area contributed by atoms with Crippen LogP contribution in [-0.4, -0.2) is 32.9 Å². The van der Waals surface area contributed by atoms with Crippen LogP contribution in [0.25, 0.3) is 0 Å². The zero-order valence-electron chi connectivity index (χ0n) is 7.62. The first kappa shape index (κ1) is 14.9. The molecule has 84 valence electrons. The summed E-state index contributed by atoms with van der Waals surface area (Å²) in [4.78, 5) is 27.2. The van der Waals surface area contributed by atoms with Crippen molar-refractivity contribution in [1.82, 2.24) is 15.0 Å². The SMILES string of the molecule is C=O.NC(=O)O.Nc1nc(N)nc(N)n1. The molecule has 1 rings (SSSR count). The summed E-state index contributed by atoms with van der Waals surface area (Å²) in [5.41, 5.74) is 19.4. The highest BCUT2D eigenvalue weighted by Gasteiger charge is 1.93. The Kier molecular flexibility index (Phi) is 7.89. The summed E-state index contributed by atoms with van der Waals surface area (Å²) in [6.45, 7) is 2.00. The predicted octanol–water partition coefficient (Wildman–Crippen LogP) is -1.94. The van der Waals surface area contributed by atoms with Crippen molar-refractivity contribution in [2.24, 2.45) is 5.73 Å². The molecule has 0 aliphatic carbocycles. The standard InChI is InChI=1S/C3H6N6.CH3NO2.CH2O/c4-1-7-2(5)9-3(6)8-1;2-1(3)4;1-2/h(H6,4,5,6,7,8,9);2H2,(H,3,4);1H2. The number of carboxylic acid groups (broad SMARTS) is 1. The number of rotatable bonds is 0. The van der Waals surface area contributed by atoms with E-state index in [4.69, 9.17) is 31.9 Å². The van der Waals surface area contributed by atoms with Gasteiger partial charge < -0.3 is 32.8 Å². The average molecular weight is 217 g/mol. The Morgan fingerprint density at radius 3 is 1.27 bits per heavy atom. The van der Waals surface area contributed by atoms with Crippen LogP contribution in [0.15, 0.2) is 0 Å². The number of amides is 1. The highest BCUT2D eigenvalue weighted by molar-refractivity contribution is 5.61. The highest BCUT2D eigenvalue weighted by atomic mass is 16.4. The number of nitrogens with zero attached hydrogens (tertiary/aromatic N) is 3. The summed E-state index contributed by atoms with van der Waals surface area (Å²) in [5, 5.41) is 7.19. The summed E-state index contributed by atoms with van der Waals surface area (Å²) in [7, 11) is 0. The van der Waals surface area contributed by atoms with E-state index >= 15 is 0 Å². The Bertz CT molecular complexity index is 263. The average Bonchev–Trinajstić information content (AvgIpc) is 2.03. The summed E-state index contributed by atoms with van der Waals surface area (Å²) >= 11 is 0. The molecule has 0 unspecified atom stereocenters. The minimum Gasteiger partial charge on any atom is -0.465 e. The maximum atomic E-state index is 8.78. The fourth-order valence-electron chi connectivity index (χ4n) is 0.427. The van der Waals surface area contributed by atoms with E-state index in [1.165, 1.54) is 0 Å². The number of nitrogen functional groups attached to an aromatic ring is 3. The molecule has 0 atom stereocenters. The molecule has 0 radical (unpaired) electrons. The van der Waals surface area contributed by atoms with Crippen LogP contribution in [0.5, 0.6) is 0 Å². The molecule has 1 heterocycles. The van der Waals surface area contributed by atoms with E-state index in [-0.39, 0.29) is 17.8 Å². The molecule has 0 spiro atoms. The van der Waals surface area contributed by atoms with Gasteiger partial charge >= 0.3 is 6.09 Å². The topological polar surface area (TPSA) is 197 Å². The largest absolute Gasteiger partial charge is 0.465 e. The molecule has 9 N–H and O–H groups in total. The van der Waals surface area contributed by atoms with Gasteiger partial charge in [-0.1, -0.05) is 0 Å². The van der Waals surface area contributed by atoms with Crippen molar-refractivity contribution < 1.29 is 14.7 Å². The van der Waals surface area contributed by atoms with E-state index in [2.05, 4.69) is 20.7 Å². The Balaban J connectivity index is 0. The summed E-state index contributed by atoms with van der Waals surface area (Å²) in [5.74, 6) is 0.125. The first-order chi connectivity index (χ1) is 6.91. The van der Waals surface area contributed by atoms with Crippen LogP contribution in [0.4, 0.5) is 22.6 Å². The van der Waals surface area contributed by atoms with Gasteiger partial charge in [-0.05, 0) is 0 Å². The third-order valence-electron chi connectivity index (χ3n) is 0.687. The minimum absolute atomic E-state index is 0.0417. The zero-order valence-corrected chi connectivity index (χ0v) is 7.62. The van der Waals surface area contributed by atoms with Gasteiger partial charge in [0.15, 0.2) is 0 Å². The van der Waals surface area contributed by atoms with Crippen molar-refractivity contribution in [2.45, 2.75) is 0 Å². The fraction of sp³-hybridized carbons (Fsp3) is 0. The second-order valence-electron chi connectivity index (χ2n) is 1.75. The number of hydrogen-bond donors (Lipinski definition) is 5. The van der Waals surface area contributed by atoms with Gasteiger partial charge in [0.2, 0.25) is 17.8 Å². The van der Waals surface area contributed by atoms with E-state index < -0.39 is 6.09 Å². The Hall–Kier alpha value is -2.65. The Morgan fingerprint density at radius 2 is 1.13 bits per heavy atom. The number of carbonyl (C=O) groups excluding carboxylic acids is 1. The van der Waals surface area contributed by atoms with Gasteiger partial charge in [0.1, 0.15) is 6.79 Å². The molecule has 0 aliphatic heterocycles. The van der Waals surface area contributed by atoms with Crippen molar-refractivity contribution in [2.75, 3.05) is 17.2 Å². The molecule has 10 nitrogen and oxygen atoms in total. The molecule has 0 saturated heterocycles. The van der Waals surface area contributed by atoms with E-state index in [1.807, 2.05) is 6.79 Å². The van der Waals surface area contributed by atoms with Crippen LogP contribution in [-0.2, 0) is 4.79 Å². The third kappa shape index (κ3) is 11.3. The van der Waals surface area contributed by atoms with Crippen LogP contribution in [0, 0.1) is 0 Å². The number of carbonyl (C=O) groups is 2. The van der Waals surface area contributed by atoms with Gasteiger partial charge in [-0.2, -0.15) is 15.0 Å². The smallest absolute Gasteiger partial charge is 0.402 e. The maximum absolute atomic E-state index is 8.78. The highest BCUT2D eigenvalue weighted by Crippen LogP contribution is 1.97. The normalized spacial score (nSPS) is 7.47.